The topological polar surface area (TPSA) is 80.0 Å². The lowest BCUT2D eigenvalue weighted by Crippen LogP contribution is -2.29. The second-order valence-electron chi connectivity index (χ2n) is 8.27. The normalized spacial score (nSPS) is 17.6. The molecule has 170 valence electrons. The number of hydrogen-bond donors (Lipinski definition) is 1. The van der Waals surface area contributed by atoms with Crippen molar-refractivity contribution in [3.63, 3.8) is 0 Å². The van der Waals surface area contributed by atoms with Crippen LogP contribution in [-0.2, 0) is 16.0 Å². The molecule has 0 saturated carbocycles. The molecule has 0 radical (unpaired) electrons. The Labute approximate surface area is 193 Å². The number of hydrogen-bond acceptors (Lipinski definition) is 5. The molecule has 33 heavy (non-hydrogen) atoms. The number of furan rings is 1. The first kappa shape index (κ1) is 22.4. The minimum Gasteiger partial charge on any atom is -0.507 e. The van der Waals surface area contributed by atoms with E-state index in [1.54, 1.807) is 38.3 Å². The Kier molecular flexibility index (Phi) is 5.85. The number of carbonyl (C=O) groups excluding carboxylic acids is 2. The summed E-state index contributed by atoms with van der Waals surface area (Å²) in [7, 11) is 1.58. The van der Waals surface area contributed by atoms with Crippen molar-refractivity contribution in [3.8, 4) is 5.75 Å². The number of amides is 1. The number of ketones is 1. The lowest BCUT2D eigenvalue weighted by molar-refractivity contribution is -0.132. The van der Waals surface area contributed by atoms with E-state index in [1.807, 2.05) is 45.0 Å². The fourth-order valence-electron chi connectivity index (χ4n) is 4.27. The van der Waals surface area contributed by atoms with Gasteiger partial charge in [0.1, 0.15) is 29.1 Å². The lowest BCUT2D eigenvalue weighted by atomic mass is 9.95. The van der Waals surface area contributed by atoms with Crippen LogP contribution < -0.4 is 9.64 Å². The molecule has 1 aliphatic rings. The Morgan fingerprint density at radius 3 is 2.30 bits per heavy atom. The fourth-order valence-corrected chi connectivity index (χ4v) is 4.27. The van der Waals surface area contributed by atoms with Crippen LogP contribution in [0.25, 0.3) is 5.76 Å². The predicted octanol–water partition coefficient (Wildman–Crippen LogP) is 5.40. The number of rotatable bonds is 5. The number of benzene rings is 2. The third-order valence-electron chi connectivity index (χ3n) is 6.09. The molecule has 3 aromatic rings. The Morgan fingerprint density at radius 2 is 1.73 bits per heavy atom. The number of aryl methyl sites for hydroxylation is 4. The highest BCUT2D eigenvalue weighted by Crippen LogP contribution is 2.43. The van der Waals surface area contributed by atoms with Crippen LogP contribution >= 0.6 is 0 Å². The first-order valence-corrected chi connectivity index (χ1v) is 10.9. The first-order chi connectivity index (χ1) is 15.8. The summed E-state index contributed by atoms with van der Waals surface area (Å²) in [5, 5.41) is 11.4. The molecule has 0 bridgehead atoms. The molecule has 1 aliphatic heterocycles. The number of anilines is 1. The summed E-state index contributed by atoms with van der Waals surface area (Å²) in [6.45, 7) is 7.52. The van der Waals surface area contributed by atoms with Gasteiger partial charge in [-0.15, -0.1) is 0 Å². The summed E-state index contributed by atoms with van der Waals surface area (Å²) >= 11 is 0. The second kappa shape index (κ2) is 8.62. The van der Waals surface area contributed by atoms with Gasteiger partial charge in [0.15, 0.2) is 0 Å². The van der Waals surface area contributed by atoms with Gasteiger partial charge in [0.25, 0.3) is 11.7 Å². The summed E-state index contributed by atoms with van der Waals surface area (Å²) in [5.74, 6) is 0.0490. The third kappa shape index (κ3) is 3.82. The van der Waals surface area contributed by atoms with E-state index in [2.05, 4.69) is 0 Å². The van der Waals surface area contributed by atoms with Crippen LogP contribution in [0.4, 0.5) is 5.69 Å². The van der Waals surface area contributed by atoms with Gasteiger partial charge >= 0.3 is 0 Å². The minimum absolute atomic E-state index is 0.00147. The van der Waals surface area contributed by atoms with Gasteiger partial charge < -0.3 is 14.3 Å². The Bertz CT molecular complexity index is 1270. The van der Waals surface area contributed by atoms with E-state index in [-0.39, 0.29) is 11.3 Å². The maximum atomic E-state index is 13.3. The zero-order valence-corrected chi connectivity index (χ0v) is 19.4. The Morgan fingerprint density at radius 1 is 1.03 bits per heavy atom. The van der Waals surface area contributed by atoms with Crippen LogP contribution in [0.3, 0.4) is 0 Å². The summed E-state index contributed by atoms with van der Waals surface area (Å²) in [6, 6.07) is 13.7. The summed E-state index contributed by atoms with van der Waals surface area (Å²) in [5.41, 5.74) is 3.69. The van der Waals surface area contributed by atoms with E-state index in [0.29, 0.717) is 28.5 Å². The standard InChI is InChI=1S/C27H27NO5/c1-6-18-8-10-19(11-9-18)28-24(21-12-7-17(4)33-21)23(26(30)27(28)31)25(29)20-13-16(3)22(32-5)14-15(20)2/h7-14,24,29H,6H2,1-5H3/b25-23+. The van der Waals surface area contributed by atoms with Crippen molar-refractivity contribution in [2.45, 2.75) is 40.2 Å². The molecule has 1 atom stereocenters. The van der Waals surface area contributed by atoms with Crippen LogP contribution in [0.1, 0.15) is 46.7 Å². The Hall–Kier alpha value is -3.80. The third-order valence-corrected chi connectivity index (χ3v) is 6.09. The van der Waals surface area contributed by atoms with Gasteiger partial charge in [0.2, 0.25) is 0 Å². The molecule has 1 fully saturated rings. The van der Waals surface area contributed by atoms with Gasteiger partial charge in [0.05, 0.1) is 12.7 Å². The van der Waals surface area contributed by atoms with Gasteiger partial charge in [-0.2, -0.15) is 0 Å². The van der Waals surface area contributed by atoms with E-state index in [1.165, 1.54) is 4.90 Å². The van der Waals surface area contributed by atoms with Gasteiger partial charge in [0, 0.05) is 11.3 Å². The van der Waals surface area contributed by atoms with Crippen LogP contribution in [0.2, 0.25) is 0 Å². The highest BCUT2D eigenvalue weighted by Gasteiger charge is 2.48. The highest BCUT2D eigenvalue weighted by atomic mass is 16.5. The average Bonchev–Trinajstić information content (AvgIpc) is 3.35. The molecule has 2 aromatic carbocycles. The van der Waals surface area contributed by atoms with Crippen molar-refractivity contribution in [3.05, 3.63) is 87.9 Å². The fraction of sp³-hybridized carbons (Fsp3) is 0.259. The molecule has 0 spiro atoms. The molecule has 2 heterocycles. The second-order valence-corrected chi connectivity index (χ2v) is 8.27. The average molecular weight is 446 g/mol. The summed E-state index contributed by atoms with van der Waals surface area (Å²) in [4.78, 5) is 27.9. The van der Waals surface area contributed by atoms with Gasteiger partial charge in [-0.1, -0.05) is 19.1 Å². The maximum absolute atomic E-state index is 13.3. The highest BCUT2D eigenvalue weighted by molar-refractivity contribution is 6.51. The molecular weight excluding hydrogens is 418 g/mol. The van der Waals surface area contributed by atoms with Crippen molar-refractivity contribution in [2.24, 2.45) is 0 Å². The monoisotopic (exact) mass is 445 g/mol. The molecule has 1 aromatic heterocycles. The van der Waals surface area contributed by atoms with E-state index < -0.39 is 17.7 Å². The lowest BCUT2D eigenvalue weighted by Gasteiger charge is -2.24. The summed E-state index contributed by atoms with van der Waals surface area (Å²) in [6.07, 6.45) is 0.857. The SMILES string of the molecule is CCc1ccc(N2C(=O)C(=O)/C(=C(/O)c3cc(C)c(OC)cc3C)C2c2ccc(C)o2)cc1. The number of aliphatic hydroxyl groups excluding tert-OH is 1. The van der Waals surface area contributed by atoms with Gasteiger partial charge in [-0.3, -0.25) is 14.5 Å². The van der Waals surface area contributed by atoms with Crippen LogP contribution in [0, 0.1) is 20.8 Å². The molecule has 6 nitrogen and oxygen atoms in total. The molecule has 1 N–H and O–H groups in total. The van der Waals surface area contributed by atoms with Crippen LogP contribution in [0.5, 0.6) is 5.75 Å². The van der Waals surface area contributed by atoms with Crippen molar-refractivity contribution < 1.29 is 23.8 Å². The number of ether oxygens (including phenoxy) is 1. The number of nitrogens with zero attached hydrogens (tertiary/aromatic N) is 1. The van der Waals surface area contributed by atoms with Crippen molar-refractivity contribution in [2.75, 3.05) is 12.0 Å². The number of Topliss-reactive ketones (excluding diaryl/α,β-unsaturated/α-hetero) is 1. The largest absolute Gasteiger partial charge is 0.507 e. The van der Waals surface area contributed by atoms with Gasteiger partial charge in [-0.25, -0.2) is 0 Å². The van der Waals surface area contributed by atoms with Crippen molar-refractivity contribution in [1.29, 1.82) is 0 Å². The molecule has 1 saturated heterocycles. The van der Waals surface area contributed by atoms with Crippen molar-refractivity contribution in [1.82, 2.24) is 0 Å². The first-order valence-electron chi connectivity index (χ1n) is 10.9. The molecule has 1 amide bonds. The molecule has 6 heteroatoms. The zero-order chi connectivity index (χ0) is 23.9. The number of carbonyl (C=O) groups is 2. The number of aliphatic hydroxyl groups is 1. The van der Waals surface area contributed by atoms with E-state index in [9.17, 15) is 14.7 Å². The molecule has 4 rings (SSSR count). The molecular formula is C27H27NO5. The van der Waals surface area contributed by atoms with E-state index in [4.69, 9.17) is 9.15 Å². The smallest absolute Gasteiger partial charge is 0.300 e. The van der Waals surface area contributed by atoms with Crippen molar-refractivity contribution >= 4 is 23.1 Å². The van der Waals surface area contributed by atoms with E-state index >= 15 is 0 Å². The predicted molar refractivity (Wildman–Crippen MR) is 127 cm³/mol. The van der Waals surface area contributed by atoms with Crippen LogP contribution in [-0.4, -0.2) is 23.9 Å². The Balaban J connectivity index is 1.93. The quantitative estimate of drug-likeness (QED) is 0.323. The zero-order valence-electron chi connectivity index (χ0n) is 19.4. The number of methoxy groups -OCH3 is 1. The minimum atomic E-state index is -0.881. The molecule has 1 unspecified atom stereocenters. The summed E-state index contributed by atoms with van der Waals surface area (Å²) < 4.78 is 11.2. The van der Waals surface area contributed by atoms with Gasteiger partial charge in [-0.05, 0) is 80.3 Å². The van der Waals surface area contributed by atoms with Crippen LogP contribution in [0.15, 0.2) is 58.5 Å². The maximum Gasteiger partial charge on any atom is 0.300 e. The molecule has 0 aliphatic carbocycles. The van der Waals surface area contributed by atoms with E-state index in [0.717, 1.165) is 23.1 Å².